The lowest BCUT2D eigenvalue weighted by Crippen LogP contribution is -2.24. The zero-order valence-electron chi connectivity index (χ0n) is 16.1. The highest BCUT2D eigenvalue weighted by molar-refractivity contribution is 5.76. The molecule has 9 heteroatoms. The molecule has 148 valence electrons. The molecule has 5 heterocycles. The molecular formula is C20H20FN7O. The first kappa shape index (κ1) is 17.6. The smallest absolute Gasteiger partial charge is 0.218 e. The fraction of sp³-hybridized carbons (Fsp3) is 0.300. The summed E-state index contributed by atoms with van der Waals surface area (Å²) in [5.41, 5.74) is 3.18. The Bertz CT molecular complexity index is 1170. The zero-order chi connectivity index (χ0) is 20.0. The molecule has 8 nitrogen and oxygen atoms in total. The van der Waals surface area contributed by atoms with Crippen LogP contribution in [-0.2, 0) is 0 Å². The van der Waals surface area contributed by atoms with Crippen molar-refractivity contribution < 1.29 is 9.13 Å². The number of pyridine rings is 1. The van der Waals surface area contributed by atoms with E-state index in [9.17, 15) is 4.39 Å². The van der Waals surface area contributed by atoms with E-state index in [2.05, 4.69) is 25.0 Å². The quantitative estimate of drug-likeness (QED) is 0.573. The fourth-order valence-electron chi connectivity index (χ4n) is 4.08. The van der Waals surface area contributed by atoms with Crippen molar-refractivity contribution in [2.45, 2.75) is 25.8 Å². The topological polar surface area (TPSA) is 84.2 Å². The molecule has 1 fully saturated rings. The number of methoxy groups -OCH3 is 1. The monoisotopic (exact) mass is 393 g/mol. The van der Waals surface area contributed by atoms with Crippen molar-refractivity contribution in [3.63, 3.8) is 0 Å². The van der Waals surface area contributed by atoms with E-state index in [0.717, 1.165) is 53.5 Å². The number of rotatable bonds is 4. The Morgan fingerprint density at radius 2 is 2.21 bits per heavy atom. The highest BCUT2D eigenvalue weighted by Crippen LogP contribution is 2.39. The fourth-order valence-corrected chi connectivity index (χ4v) is 4.08. The first-order valence-corrected chi connectivity index (χ1v) is 9.47. The summed E-state index contributed by atoms with van der Waals surface area (Å²) in [6.07, 6.45) is 8.41. The van der Waals surface area contributed by atoms with Gasteiger partial charge in [-0.2, -0.15) is 5.10 Å². The number of H-pyrrole nitrogens is 1. The first-order valence-electron chi connectivity index (χ1n) is 9.47. The maximum absolute atomic E-state index is 13.9. The SMILES string of the molecule is COc1ncc(F)cc1C1CCCN1c1ccn2nc(C)c(-c3ncc[nH]3)c2n1. The second-order valence-corrected chi connectivity index (χ2v) is 7.06. The van der Waals surface area contributed by atoms with E-state index in [-0.39, 0.29) is 11.9 Å². The number of fused-ring (bicyclic) bond motifs is 1. The third-order valence-electron chi connectivity index (χ3n) is 5.33. The van der Waals surface area contributed by atoms with Crippen molar-refractivity contribution in [1.82, 2.24) is 29.5 Å². The summed E-state index contributed by atoms with van der Waals surface area (Å²) >= 11 is 0. The lowest BCUT2D eigenvalue weighted by molar-refractivity contribution is 0.385. The number of hydrogen-bond acceptors (Lipinski definition) is 6. The van der Waals surface area contributed by atoms with Gasteiger partial charge in [0.05, 0.1) is 30.6 Å². The Labute approximate surface area is 166 Å². The van der Waals surface area contributed by atoms with Crippen LogP contribution in [0.15, 0.2) is 36.9 Å². The molecule has 0 amide bonds. The van der Waals surface area contributed by atoms with Crippen LogP contribution in [0.2, 0.25) is 0 Å². The Balaban J connectivity index is 1.60. The molecule has 1 unspecified atom stereocenters. The van der Waals surface area contributed by atoms with E-state index in [1.54, 1.807) is 24.0 Å². The minimum atomic E-state index is -0.373. The maximum atomic E-state index is 13.9. The summed E-state index contributed by atoms with van der Waals surface area (Å²) in [4.78, 5) is 18.7. The van der Waals surface area contributed by atoms with Gasteiger partial charge >= 0.3 is 0 Å². The van der Waals surface area contributed by atoms with Crippen molar-refractivity contribution in [2.24, 2.45) is 0 Å². The standard InChI is InChI=1S/C20H20FN7O/c1-12-17(18-22-6-7-23-18)19-25-16(5-9-28(19)26-12)27-8-3-4-15(27)14-10-13(21)11-24-20(14)29-2/h5-7,9-11,15H,3-4,8H2,1-2H3,(H,22,23). The molecule has 5 rings (SSSR count). The van der Waals surface area contributed by atoms with Gasteiger partial charge in [-0.15, -0.1) is 0 Å². The molecule has 1 saturated heterocycles. The summed E-state index contributed by atoms with van der Waals surface area (Å²) in [6, 6.07) is 3.38. The van der Waals surface area contributed by atoms with E-state index in [1.807, 2.05) is 19.2 Å². The molecule has 0 bridgehead atoms. The van der Waals surface area contributed by atoms with Gasteiger partial charge in [0.25, 0.3) is 0 Å². The third kappa shape index (κ3) is 2.89. The van der Waals surface area contributed by atoms with E-state index >= 15 is 0 Å². The number of anilines is 1. The minimum Gasteiger partial charge on any atom is -0.481 e. The molecule has 0 spiro atoms. The zero-order valence-corrected chi connectivity index (χ0v) is 16.1. The summed E-state index contributed by atoms with van der Waals surface area (Å²) < 4.78 is 21.1. The van der Waals surface area contributed by atoms with E-state index < -0.39 is 0 Å². The van der Waals surface area contributed by atoms with Crippen LogP contribution in [-0.4, -0.2) is 43.2 Å². The largest absolute Gasteiger partial charge is 0.481 e. The molecule has 1 aliphatic rings. The molecular weight excluding hydrogens is 373 g/mol. The van der Waals surface area contributed by atoms with Crippen molar-refractivity contribution >= 4 is 11.5 Å². The highest BCUT2D eigenvalue weighted by atomic mass is 19.1. The lowest BCUT2D eigenvalue weighted by atomic mass is 10.1. The lowest BCUT2D eigenvalue weighted by Gasteiger charge is -2.26. The van der Waals surface area contributed by atoms with Crippen LogP contribution in [0.4, 0.5) is 10.2 Å². The van der Waals surface area contributed by atoms with Gasteiger partial charge in [0.1, 0.15) is 17.5 Å². The third-order valence-corrected chi connectivity index (χ3v) is 5.33. The number of nitrogens with one attached hydrogen (secondary N) is 1. The second kappa shape index (κ2) is 6.84. The number of nitrogens with zero attached hydrogens (tertiary/aromatic N) is 6. The second-order valence-electron chi connectivity index (χ2n) is 7.06. The van der Waals surface area contributed by atoms with E-state index in [0.29, 0.717) is 5.88 Å². The predicted molar refractivity (Wildman–Crippen MR) is 105 cm³/mol. The number of hydrogen-bond donors (Lipinski definition) is 1. The first-order chi connectivity index (χ1) is 14.2. The molecule has 0 radical (unpaired) electrons. The molecule has 1 atom stereocenters. The van der Waals surface area contributed by atoms with Crippen LogP contribution < -0.4 is 9.64 Å². The van der Waals surface area contributed by atoms with Gasteiger partial charge < -0.3 is 14.6 Å². The number of aryl methyl sites for hydroxylation is 1. The average molecular weight is 393 g/mol. The molecule has 1 N–H and O–H groups in total. The Morgan fingerprint density at radius 1 is 1.31 bits per heavy atom. The number of ether oxygens (including phenoxy) is 1. The number of imidazole rings is 1. The predicted octanol–water partition coefficient (Wildman–Crippen LogP) is 3.31. The summed E-state index contributed by atoms with van der Waals surface area (Å²) in [5, 5.41) is 4.55. The van der Waals surface area contributed by atoms with Crippen LogP contribution in [0.25, 0.3) is 17.0 Å². The van der Waals surface area contributed by atoms with Crippen molar-refractivity contribution in [3.8, 4) is 17.3 Å². The van der Waals surface area contributed by atoms with Gasteiger partial charge in [0, 0.05) is 30.7 Å². The minimum absolute atomic E-state index is 0.0563. The molecule has 29 heavy (non-hydrogen) atoms. The van der Waals surface area contributed by atoms with Gasteiger partial charge in [-0.25, -0.2) is 23.9 Å². The van der Waals surface area contributed by atoms with Crippen molar-refractivity contribution in [2.75, 3.05) is 18.6 Å². The molecule has 0 saturated carbocycles. The number of aromatic amines is 1. The van der Waals surface area contributed by atoms with Gasteiger partial charge in [-0.1, -0.05) is 0 Å². The van der Waals surface area contributed by atoms with Crippen LogP contribution in [0.3, 0.4) is 0 Å². The van der Waals surface area contributed by atoms with E-state index in [4.69, 9.17) is 9.72 Å². The Kier molecular flexibility index (Phi) is 4.15. The van der Waals surface area contributed by atoms with Crippen molar-refractivity contribution in [3.05, 3.63) is 54.0 Å². The molecule has 0 aliphatic carbocycles. The van der Waals surface area contributed by atoms with Gasteiger partial charge in [0.2, 0.25) is 5.88 Å². The highest BCUT2D eigenvalue weighted by Gasteiger charge is 2.31. The molecule has 1 aliphatic heterocycles. The molecule has 4 aromatic rings. The van der Waals surface area contributed by atoms with Gasteiger partial charge in [0.15, 0.2) is 5.65 Å². The summed E-state index contributed by atoms with van der Waals surface area (Å²) in [5.74, 6) is 1.61. The Hall–Kier alpha value is -3.49. The van der Waals surface area contributed by atoms with Crippen LogP contribution >= 0.6 is 0 Å². The summed E-state index contributed by atoms with van der Waals surface area (Å²) in [6.45, 7) is 2.75. The average Bonchev–Trinajstić information content (AvgIpc) is 3.46. The van der Waals surface area contributed by atoms with Crippen LogP contribution in [0.1, 0.15) is 30.1 Å². The number of aromatic nitrogens is 6. The van der Waals surface area contributed by atoms with Crippen molar-refractivity contribution in [1.29, 1.82) is 0 Å². The van der Waals surface area contributed by atoms with Gasteiger partial charge in [-0.3, -0.25) is 0 Å². The molecule has 0 aromatic carbocycles. The van der Waals surface area contributed by atoms with E-state index in [1.165, 1.54) is 12.3 Å². The van der Waals surface area contributed by atoms with Crippen LogP contribution in [0.5, 0.6) is 5.88 Å². The number of halogens is 1. The maximum Gasteiger partial charge on any atom is 0.218 e. The normalized spacial score (nSPS) is 16.7. The summed E-state index contributed by atoms with van der Waals surface area (Å²) in [7, 11) is 1.55. The van der Waals surface area contributed by atoms with Gasteiger partial charge in [-0.05, 0) is 31.9 Å². The molecule has 4 aromatic heterocycles. The van der Waals surface area contributed by atoms with Crippen LogP contribution in [0, 0.1) is 12.7 Å². The Morgan fingerprint density at radius 3 is 3.00 bits per heavy atom.